The van der Waals surface area contributed by atoms with Crippen LogP contribution in [0.15, 0.2) is 36.4 Å². The molecule has 2 aromatic carbocycles. The number of nitrogens with zero attached hydrogens (tertiary/aromatic N) is 1. The summed E-state index contributed by atoms with van der Waals surface area (Å²) in [4.78, 5) is 15.7. The molecule has 0 aromatic heterocycles. The van der Waals surface area contributed by atoms with Crippen molar-refractivity contribution in [3.05, 3.63) is 53.8 Å². The first-order chi connectivity index (χ1) is 13.4. The van der Waals surface area contributed by atoms with Crippen LogP contribution in [0.4, 0.5) is 24.5 Å². The zero-order valence-electron chi connectivity index (χ0n) is 15.8. The molecule has 2 aromatic rings. The molecule has 1 aliphatic rings. The van der Waals surface area contributed by atoms with Crippen molar-refractivity contribution < 1.29 is 27.6 Å². The van der Waals surface area contributed by atoms with Crippen molar-refractivity contribution in [2.45, 2.75) is 13.0 Å². The third-order valence-electron chi connectivity index (χ3n) is 5.12. The van der Waals surface area contributed by atoms with Gasteiger partial charge in [-0.25, -0.2) is 13.2 Å². The Labute approximate surface area is 161 Å². The van der Waals surface area contributed by atoms with Crippen LogP contribution in [0, 0.1) is 17.5 Å². The first kappa shape index (κ1) is 20.0. The zero-order valence-corrected chi connectivity index (χ0v) is 15.8. The molecule has 0 spiro atoms. The smallest absolute Gasteiger partial charge is 0.282 e. The van der Waals surface area contributed by atoms with Gasteiger partial charge in [0.1, 0.15) is 5.75 Å². The van der Waals surface area contributed by atoms with Crippen LogP contribution < -0.4 is 19.9 Å². The van der Waals surface area contributed by atoms with E-state index in [1.54, 1.807) is 14.0 Å². The summed E-state index contributed by atoms with van der Waals surface area (Å²) in [5.74, 6) is -3.92. The van der Waals surface area contributed by atoms with Gasteiger partial charge in [0.15, 0.2) is 23.5 Å². The number of methoxy groups -OCH3 is 1. The van der Waals surface area contributed by atoms with Crippen molar-refractivity contribution in [3.8, 4) is 5.75 Å². The molecule has 1 atom stereocenters. The Morgan fingerprint density at radius 3 is 2.54 bits per heavy atom. The summed E-state index contributed by atoms with van der Waals surface area (Å²) in [6, 6.07) is 9.14. The van der Waals surface area contributed by atoms with E-state index in [0.29, 0.717) is 13.1 Å². The number of halogens is 3. The third-order valence-corrected chi connectivity index (χ3v) is 5.12. The van der Waals surface area contributed by atoms with Crippen molar-refractivity contribution >= 4 is 17.3 Å². The van der Waals surface area contributed by atoms with Gasteiger partial charge in [0, 0.05) is 11.8 Å². The molecule has 1 saturated heterocycles. The van der Waals surface area contributed by atoms with E-state index < -0.39 is 29.4 Å². The van der Waals surface area contributed by atoms with Crippen LogP contribution in [0.5, 0.6) is 5.75 Å². The number of amides is 1. The first-order valence-electron chi connectivity index (χ1n) is 9.08. The number of hydrogen-bond acceptors (Lipinski definition) is 3. The maximum atomic E-state index is 13.8. The van der Waals surface area contributed by atoms with Crippen LogP contribution in [0.3, 0.4) is 0 Å². The predicted molar refractivity (Wildman–Crippen MR) is 100 cm³/mol. The van der Waals surface area contributed by atoms with E-state index in [-0.39, 0.29) is 5.69 Å². The molecule has 0 bridgehead atoms. The molecule has 5 nitrogen and oxygen atoms in total. The van der Waals surface area contributed by atoms with Crippen LogP contribution in [-0.2, 0) is 4.79 Å². The Morgan fingerprint density at radius 2 is 1.86 bits per heavy atom. The van der Waals surface area contributed by atoms with Crippen LogP contribution in [0.1, 0.15) is 6.92 Å². The summed E-state index contributed by atoms with van der Waals surface area (Å²) in [5.41, 5.74) is 0.699. The molecule has 3 rings (SSSR count). The second-order valence-corrected chi connectivity index (χ2v) is 6.78. The maximum Gasteiger partial charge on any atom is 0.282 e. The normalized spacial score (nSPS) is 16.0. The molecular formula is C20H23F3N3O2+. The van der Waals surface area contributed by atoms with E-state index in [1.165, 1.54) is 0 Å². The molecule has 0 aliphatic carbocycles. The lowest BCUT2D eigenvalue weighted by atomic mass is 10.2. The van der Waals surface area contributed by atoms with Gasteiger partial charge in [0.25, 0.3) is 5.91 Å². The number of benzene rings is 2. The fourth-order valence-electron chi connectivity index (χ4n) is 3.34. The topological polar surface area (TPSA) is 46.0 Å². The lowest BCUT2D eigenvalue weighted by Crippen LogP contribution is -3.19. The highest BCUT2D eigenvalue weighted by atomic mass is 19.2. The largest absolute Gasteiger partial charge is 0.497 e. The van der Waals surface area contributed by atoms with E-state index in [4.69, 9.17) is 4.74 Å². The number of carbonyl (C=O) groups excluding carboxylic acids is 1. The zero-order chi connectivity index (χ0) is 20.3. The van der Waals surface area contributed by atoms with Crippen molar-refractivity contribution in [2.75, 3.05) is 43.5 Å². The Balaban J connectivity index is 1.59. The molecular weight excluding hydrogens is 371 g/mol. The number of quaternary nitrogens is 1. The Hall–Kier alpha value is -2.74. The minimum atomic E-state index is -1.59. The second kappa shape index (κ2) is 8.52. The molecule has 0 saturated carbocycles. The van der Waals surface area contributed by atoms with E-state index >= 15 is 0 Å². The highest BCUT2D eigenvalue weighted by Gasteiger charge is 2.30. The summed E-state index contributed by atoms with van der Waals surface area (Å²) in [7, 11) is 1.62. The van der Waals surface area contributed by atoms with Crippen LogP contribution in [0.25, 0.3) is 0 Å². The Kier molecular flexibility index (Phi) is 6.08. The number of carbonyl (C=O) groups is 1. The highest BCUT2D eigenvalue weighted by Crippen LogP contribution is 2.21. The van der Waals surface area contributed by atoms with Gasteiger partial charge in [-0.15, -0.1) is 0 Å². The van der Waals surface area contributed by atoms with Gasteiger partial charge in [-0.3, -0.25) is 4.79 Å². The molecule has 1 aliphatic heterocycles. The Morgan fingerprint density at radius 1 is 1.14 bits per heavy atom. The standard InChI is InChI=1S/C20H22F3N3O2/c1-13(20(27)24-17-7-6-16(21)18(22)19(17)23)25-8-10-26(11-9-25)14-4-3-5-15(12-14)28-2/h3-7,12-13H,8-11H2,1-2H3,(H,24,27)/p+1/t13-/m1/s1. The molecule has 0 unspecified atom stereocenters. The van der Waals surface area contributed by atoms with Gasteiger partial charge in [0.05, 0.1) is 39.0 Å². The van der Waals surface area contributed by atoms with E-state index in [2.05, 4.69) is 10.2 Å². The molecule has 8 heteroatoms. The summed E-state index contributed by atoms with van der Waals surface area (Å²) in [6.07, 6.45) is 0. The van der Waals surface area contributed by atoms with Crippen LogP contribution >= 0.6 is 0 Å². The molecule has 0 radical (unpaired) electrons. The molecule has 28 heavy (non-hydrogen) atoms. The third kappa shape index (κ3) is 4.22. The lowest BCUT2D eigenvalue weighted by molar-refractivity contribution is -0.914. The van der Waals surface area contributed by atoms with Gasteiger partial charge in [-0.2, -0.15) is 0 Å². The average molecular weight is 394 g/mol. The monoisotopic (exact) mass is 394 g/mol. The molecule has 1 heterocycles. The van der Waals surface area contributed by atoms with Crippen LogP contribution in [-0.4, -0.2) is 45.2 Å². The van der Waals surface area contributed by atoms with Gasteiger partial charge in [-0.1, -0.05) is 6.07 Å². The van der Waals surface area contributed by atoms with Crippen LogP contribution in [0.2, 0.25) is 0 Å². The number of hydrogen-bond donors (Lipinski definition) is 2. The summed E-state index contributed by atoms with van der Waals surface area (Å²) in [6.45, 7) is 4.67. The molecule has 1 fully saturated rings. The minimum absolute atomic E-state index is 0.356. The summed E-state index contributed by atoms with van der Waals surface area (Å²) >= 11 is 0. The number of nitrogens with one attached hydrogen (secondary N) is 2. The average Bonchev–Trinajstić information content (AvgIpc) is 2.73. The van der Waals surface area contributed by atoms with Crippen molar-refractivity contribution in [3.63, 3.8) is 0 Å². The SMILES string of the molecule is COc1cccc(N2CC[NH+]([C@H](C)C(=O)Nc3ccc(F)c(F)c3F)CC2)c1. The summed E-state index contributed by atoms with van der Waals surface area (Å²) < 4.78 is 45.4. The number of rotatable bonds is 5. The maximum absolute atomic E-state index is 13.8. The number of anilines is 2. The summed E-state index contributed by atoms with van der Waals surface area (Å²) in [5, 5.41) is 2.36. The van der Waals surface area contributed by atoms with Crippen molar-refractivity contribution in [2.24, 2.45) is 0 Å². The quantitative estimate of drug-likeness (QED) is 0.761. The first-order valence-corrected chi connectivity index (χ1v) is 9.08. The van der Waals surface area contributed by atoms with Gasteiger partial charge in [0.2, 0.25) is 0 Å². The number of ether oxygens (including phenoxy) is 1. The number of piperazine rings is 1. The Bertz CT molecular complexity index is 855. The highest BCUT2D eigenvalue weighted by molar-refractivity contribution is 5.93. The van der Waals surface area contributed by atoms with Crippen molar-refractivity contribution in [1.29, 1.82) is 0 Å². The minimum Gasteiger partial charge on any atom is -0.497 e. The fraction of sp³-hybridized carbons (Fsp3) is 0.350. The predicted octanol–water partition coefficient (Wildman–Crippen LogP) is 1.84. The van der Waals surface area contributed by atoms with Gasteiger partial charge < -0.3 is 19.9 Å². The van der Waals surface area contributed by atoms with E-state index in [9.17, 15) is 18.0 Å². The second-order valence-electron chi connectivity index (χ2n) is 6.78. The van der Waals surface area contributed by atoms with E-state index in [1.807, 2.05) is 24.3 Å². The lowest BCUT2D eigenvalue weighted by Gasteiger charge is -2.36. The molecule has 150 valence electrons. The fourth-order valence-corrected chi connectivity index (χ4v) is 3.34. The van der Waals surface area contributed by atoms with E-state index in [0.717, 1.165) is 41.6 Å². The molecule has 1 amide bonds. The van der Waals surface area contributed by atoms with Crippen molar-refractivity contribution in [1.82, 2.24) is 0 Å². The van der Waals surface area contributed by atoms with Gasteiger partial charge >= 0.3 is 0 Å². The van der Waals surface area contributed by atoms with Gasteiger partial charge in [-0.05, 0) is 31.2 Å². The molecule has 2 N–H and O–H groups in total.